The van der Waals surface area contributed by atoms with E-state index in [1.165, 1.54) is 11.1 Å². The number of carbonyl (C=O) groups is 1. The number of hydrogen-bond donors (Lipinski definition) is 3. The van der Waals surface area contributed by atoms with Crippen LogP contribution in [0.25, 0.3) is 33.4 Å². The van der Waals surface area contributed by atoms with E-state index in [1.807, 2.05) is 60.8 Å². The maximum Gasteiger partial charge on any atom is 0.346 e. The second kappa shape index (κ2) is 11.8. The lowest BCUT2D eigenvalue weighted by Crippen LogP contribution is -2.32. The predicted octanol–water partition coefficient (Wildman–Crippen LogP) is 7.75. The molecule has 1 radical (unpaired) electrons. The van der Waals surface area contributed by atoms with Gasteiger partial charge in [-0.1, -0.05) is 78.9 Å². The van der Waals surface area contributed by atoms with Gasteiger partial charge >= 0.3 is 6.03 Å². The Labute approximate surface area is 267 Å². The number of anilines is 1. The molecule has 0 unspecified atom stereocenters. The number of amides is 2. The number of hydrogen-bond acceptors (Lipinski definition) is 5. The van der Waals surface area contributed by atoms with Gasteiger partial charge in [-0.25, -0.2) is 14.8 Å². The zero-order chi connectivity index (χ0) is 31.0. The van der Waals surface area contributed by atoms with Crippen molar-refractivity contribution in [2.45, 2.75) is 31.7 Å². The first-order valence-electron chi connectivity index (χ1n) is 15.8. The van der Waals surface area contributed by atoms with Gasteiger partial charge < -0.3 is 15.4 Å². The Hall–Kier alpha value is -5.47. The van der Waals surface area contributed by atoms with Crippen LogP contribution in [0.5, 0.6) is 5.88 Å². The van der Waals surface area contributed by atoms with Gasteiger partial charge in [-0.15, -0.1) is 0 Å². The van der Waals surface area contributed by atoms with Crippen LogP contribution < -0.4 is 10.6 Å². The SMILES string of the molecule is O=C1[N]c2cc(C3CCN(Cc4ccc(-c5nc(Cc6c[nH]c7ccccc67)c(O)nc5-c5ccccc5)cc4)CC3)ccc2N1. The summed E-state index contributed by atoms with van der Waals surface area (Å²) >= 11 is 0. The van der Waals surface area contributed by atoms with Crippen molar-refractivity contribution in [2.75, 3.05) is 18.4 Å². The van der Waals surface area contributed by atoms with Crippen molar-refractivity contribution >= 4 is 28.3 Å². The van der Waals surface area contributed by atoms with Crippen LogP contribution in [0.15, 0.2) is 103 Å². The third kappa shape index (κ3) is 5.48. The van der Waals surface area contributed by atoms with Crippen LogP contribution >= 0.6 is 0 Å². The minimum atomic E-state index is -0.285. The number of benzene rings is 4. The lowest BCUT2D eigenvalue weighted by Gasteiger charge is -2.32. The summed E-state index contributed by atoms with van der Waals surface area (Å²) in [5.74, 6) is 0.421. The van der Waals surface area contributed by atoms with E-state index in [9.17, 15) is 9.90 Å². The van der Waals surface area contributed by atoms with Crippen LogP contribution in [0.1, 0.15) is 41.1 Å². The number of rotatable bonds is 7. The zero-order valence-corrected chi connectivity index (χ0v) is 25.3. The Bertz CT molecular complexity index is 2050. The first-order valence-corrected chi connectivity index (χ1v) is 15.8. The Morgan fingerprint density at radius 1 is 0.826 bits per heavy atom. The molecule has 0 saturated carbocycles. The van der Waals surface area contributed by atoms with Gasteiger partial charge in [0.2, 0.25) is 5.88 Å². The van der Waals surface area contributed by atoms with Gasteiger partial charge in [-0.2, -0.15) is 5.32 Å². The standard InChI is InChI=1S/C38H33N6O2/c45-37-34(21-29-22-39-31-9-5-4-8-30(29)31)40-35(36(43-37)26-6-2-1-3-7-26)27-12-10-24(11-13-27)23-44-18-16-25(17-19-44)28-14-15-32-33(20-28)42-38(46)41-32/h1-15,20,22,25,39H,16-19,21,23H2,(H,41,46)(H,43,45). The molecule has 8 heteroatoms. The van der Waals surface area contributed by atoms with Crippen molar-refractivity contribution < 1.29 is 9.90 Å². The van der Waals surface area contributed by atoms with E-state index in [0.29, 0.717) is 23.7 Å². The summed E-state index contributed by atoms with van der Waals surface area (Å²) in [5, 5.41) is 19.0. The van der Waals surface area contributed by atoms with Gasteiger partial charge in [-0.05, 0) is 66.7 Å². The molecule has 8 rings (SSSR count). The highest BCUT2D eigenvalue weighted by atomic mass is 16.3. The lowest BCUT2D eigenvalue weighted by atomic mass is 9.89. The number of nitrogens with zero attached hydrogens (tertiary/aromatic N) is 4. The van der Waals surface area contributed by atoms with E-state index in [1.54, 1.807) is 0 Å². The van der Waals surface area contributed by atoms with Crippen LogP contribution in [-0.4, -0.2) is 44.1 Å². The number of aromatic hydroxyl groups is 1. The van der Waals surface area contributed by atoms with Crippen molar-refractivity contribution in [3.8, 4) is 28.4 Å². The Balaban J connectivity index is 1.01. The molecule has 0 spiro atoms. The fraction of sp³-hybridized carbons (Fsp3) is 0.184. The molecule has 46 heavy (non-hydrogen) atoms. The number of aromatic amines is 1. The van der Waals surface area contributed by atoms with Gasteiger partial charge in [0.1, 0.15) is 11.4 Å². The number of para-hydroxylation sites is 1. The van der Waals surface area contributed by atoms with Crippen molar-refractivity contribution in [1.29, 1.82) is 0 Å². The molecule has 3 N–H and O–H groups in total. The highest BCUT2D eigenvalue weighted by Gasteiger charge is 2.25. The Kier molecular flexibility index (Phi) is 7.19. The summed E-state index contributed by atoms with van der Waals surface area (Å²) in [4.78, 5) is 27.2. The van der Waals surface area contributed by atoms with Crippen molar-refractivity contribution in [3.63, 3.8) is 0 Å². The molecule has 4 heterocycles. The fourth-order valence-corrected chi connectivity index (χ4v) is 6.74. The molecule has 4 aromatic carbocycles. The highest BCUT2D eigenvalue weighted by Crippen LogP contribution is 2.36. The monoisotopic (exact) mass is 605 g/mol. The summed E-state index contributed by atoms with van der Waals surface area (Å²) in [7, 11) is 0. The normalized spacial score (nSPS) is 15.1. The summed E-state index contributed by atoms with van der Waals surface area (Å²) in [6.45, 7) is 2.90. The minimum Gasteiger partial charge on any atom is -0.492 e. The molecule has 2 aliphatic heterocycles. The Morgan fingerprint density at radius 3 is 2.39 bits per heavy atom. The van der Waals surface area contributed by atoms with E-state index in [-0.39, 0.29) is 11.9 Å². The molecular weight excluding hydrogens is 572 g/mol. The predicted molar refractivity (Wildman–Crippen MR) is 180 cm³/mol. The summed E-state index contributed by atoms with van der Waals surface area (Å²) in [5.41, 5.74) is 10.0. The van der Waals surface area contributed by atoms with Gasteiger partial charge in [0, 0.05) is 41.2 Å². The average molecular weight is 606 g/mol. The van der Waals surface area contributed by atoms with Crippen molar-refractivity contribution in [3.05, 3.63) is 126 Å². The molecule has 2 aromatic heterocycles. The second-order valence-electron chi connectivity index (χ2n) is 12.2. The maximum atomic E-state index is 11.6. The van der Waals surface area contributed by atoms with Gasteiger partial charge in [0.25, 0.3) is 0 Å². The largest absolute Gasteiger partial charge is 0.492 e. The molecule has 6 aromatic rings. The molecule has 0 atom stereocenters. The number of fused-ring (bicyclic) bond motifs is 2. The molecule has 8 nitrogen and oxygen atoms in total. The number of aromatic nitrogens is 3. The fourth-order valence-electron chi connectivity index (χ4n) is 6.74. The molecule has 1 saturated heterocycles. The molecule has 0 bridgehead atoms. The number of nitrogens with one attached hydrogen (secondary N) is 2. The van der Waals surface area contributed by atoms with Gasteiger partial charge in [0.05, 0.1) is 17.1 Å². The first kappa shape index (κ1) is 28.0. The number of piperidine rings is 1. The Morgan fingerprint density at radius 2 is 1.57 bits per heavy atom. The molecule has 0 aliphatic carbocycles. The lowest BCUT2D eigenvalue weighted by molar-refractivity contribution is 0.204. The molecule has 1 fully saturated rings. The third-order valence-electron chi connectivity index (χ3n) is 9.20. The quantitative estimate of drug-likeness (QED) is 0.172. The molecular formula is C38H33N6O2. The van der Waals surface area contributed by atoms with Crippen molar-refractivity contribution in [2.24, 2.45) is 0 Å². The van der Waals surface area contributed by atoms with Gasteiger partial charge in [0.15, 0.2) is 0 Å². The minimum absolute atomic E-state index is 0.0488. The second-order valence-corrected chi connectivity index (χ2v) is 12.2. The number of H-pyrrole nitrogens is 1. The van der Waals surface area contributed by atoms with Crippen LogP contribution in [0.3, 0.4) is 0 Å². The summed E-state index contributed by atoms with van der Waals surface area (Å²) < 4.78 is 0. The smallest absolute Gasteiger partial charge is 0.346 e. The van der Waals surface area contributed by atoms with E-state index in [0.717, 1.165) is 77.1 Å². The topological polar surface area (TPSA) is 108 Å². The van der Waals surface area contributed by atoms with E-state index in [2.05, 4.69) is 63.0 Å². The first-order chi connectivity index (χ1) is 22.6. The maximum absolute atomic E-state index is 11.6. The summed E-state index contributed by atoms with van der Waals surface area (Å²) in [6, 6.07) is 32.5. The number of likely N-dealkylation sites (tertiary alicyclic amines) is 1. The van der Waals surface area contributed by atoms with E-state index in [4.69, 9.17) is 9.97 Å². The zero-order valence-electron chi connectivity index (χ0n) is 25.3. The molecule has 2 aliphatic rings. The molecule has 2 amide bonds. The van der Waals surface area contributed by atoms with E-state index >= 15 is 0 Å². The average Bonchev–Trinajstić information content (AvgIpc) is 3.68. The van der Waals surface area contributed by atoms with Crippen LogP contribution in [-0.2, 0) is 13.0 Å². The van der Waals surface area contributed by atoms with Gasteiger partial charge in [-0.3, -0.25) is 4.90 Å². The number of urea groups is 1. The van der Waals surface area contributed by atoms with Crippen LogP contribution in [0.4, 0.5) is 16.2 Å². The molecule has 227 valence electrons. The highest BCUT2D eigenvalue weighted by molar-refractivity contribution is 6.02. The summed E-state index contributed by atoms with van der Waals surface area (Å²) in [6.07, 6.45) is 4.59. The third-order valence-corrected chi connectivity index (χ3v) is 9.20. The van der Waals surface area contributed by atoms with Crippen molar-refractivity contribution in [1.82, 2.24) is 25.2 Å². The van der Waals surface area contributed by atoms with Crippen LogP contribution in [0.2, 0.25) is 0 Å². The van der Waals surface area contributed by atoms with E-state index < -0.39 is 0 Å². The number of carbonyl (C=O) groups excluding carboxylic acids is 1. The van der Waals surface area contributed by atoms with Crippen LogP contribution in [0, 0.1) is 0 Å².